The Morgan fingerprint density at radius 3 is 2.86 bits per heavy atom. The van der Waals surface area contributed by atoms with Crippen LogP contribution in [0.4, 0.5) is 0 Å². The van der Waals surface area contributed by atoms with Gasteiger partial charge in [0.05, 0.1) is 25.3 Å². The maximum absolute atomic E-state index is 13.2. The molecule has 0 saturated carbocycles. The molecule has 1 aliphatic heterocycles. The lowest BCUT2D eigenvalue weighted by atomic mass is 10.1. The second-order valence-corrected chi connectivity index (χ2v) is 7.98. The van der Waals surface area contributed by atoms with Gasteiger partial charge in [0, 0.05) is 12.2 Å². The molecular weight excluding hydrogens is 362 g/mol. The van der Waals surface area contributed by atoms with E-state index in [1.165, 1.54) is 11.1 Å². The third-order valence-corrected chi connectivity index (χ3v) is 5.70. The van der Waals surface area contributed by atoms with Crippen LogP contribution >= 0.6 is 0 Å². The minimum absolute atomic E-state index is 0.143. The minimum atomic E-state index is 0.143. The number of nitrogens with zero attached hydrogens (tertiary/aromatic N) is 2. The maximum atomic E-state index is 13.2. The Balaban J connectivity index is 1.65. The highest BCUT2D eigenvalue weighted by Crippen LogP contribution is 2.24. The Labute approximate surface area is 174 Å². The molecule has 1 aromatic carbocycles. The number of pyridine rings is 1. The van der Waals surface area contributed by atoms with Crippen LogP contribution in [0.2, 0.25) is 0 Å². The smallest absolute Gasteiger partial charge is 0.226 e. The van der Waals surface area contributed by atoms with Gasteiger partial charge in [0.2, 0.25) is 5.91 Å². The Morgan fingerprint density at radius 2 is 2.07 bits per heavy atom. The second-order valence-electron chi connectivity index (χ2n) is 7.98. The summed E-state index contributed by atoms with van der Waals surface area (Å²) < 4.78 is 6.01. The summed E-state index contributed by atoms with van der Waals surface area (Å²) in [5.41, 5.74) is 4.47. The van der Waals surface area contributed by atoms with Gasteiger partial charge in [-0.2, -0.15) is 0 Å². The Bertz CT molecular complexity index is 799. The number of nitrogens with one attached hydrogen (secondary N) is 1. The van der Waals surface area contributed by atoms with Crippen molar-refractivity contribution in [3.63, 3.8) is 0 Å². The fourth-order valence-electron chi connectivity index (χ4n) is 3.94. The van der Waals surface area contributed by atoms with E-state index >= 15 is 0 Å². The van der Waals surface area contributed by atoms with Gasteiger partial charge in [-0.25, -0.2) is 0 Å². The van der Waals surface area contributed by atoms with Crippen molar-refractivity contribution in [1.82, 2.24) is 15.2 Å². The number of aryl methyl sites for hydroxylation is 2. The van der Waals surface area contributed by atoms with E-state index in [1.807, 2.05) is 23.1 Å². The van der Waals surface area contributed by atoms with Crippen molar-refractivity contribution >= 4 is 5.91 Å². The lowest BCUT2D eigenvalue weighted by Gasteiger charge is -2.31. The first-order valence-corrected chi connectivity index (χ1v) is 10.7. The molecule has 2 aromatic rings. The molecule has 1 aliphatic rings. The average Bonchev–Trinajstić information content (AvgIpc) is 2.99. The van der Waals surface area contributed by atoms with E-state index in [-0.39, 0.29) is 11.9 Å². The van der Waals surface area contributed by atoms with E-state index in [0.717, 1.165) is 49.4 Å². The van der Waals surface area contributed by atoms with Gasteiger partial charge >= 0.3 is 0 Å². The van der Waals surface area contributed by atoms with Gasteiger partial charge in [0.25, 0.3) is 0 Å². The molecule has 3 rings (SSSR count). The van der Waals surface area contributed by atoms with Crippen LogP contribution in [0.25, 0.3) is 0 Å². The fourth-order valence-corrected chi connectivity index (χ4v) is 3.94. The standard InChI is InChI=1S/C24H33N3O2/c1-18-15-19(2)20(3)23(16-18)29-14-10-24(28)27(17-21-7-4-5-12-26-21)22-8-6-11-25-13-9-22/h4-5,7,12,15-16,22,25H,6,8-11,13-14,17H2,1-3H3. The molecule has 0 spiro atoms. The number of carbonyl (C=O) groups is 1. The number of rotatable bonds is 7. The minimum Gasteiger partial charge on any atom is -0.493 e. The Morgan fingerprint density at radius 1 is 1.21 bits per heavy atom. The molecule has 0 bridgehead atoms. The van der Waals surface area contributed by atoms with Crippen molar-refractivity contribution in [1.29, 1.82) is 0 Å². The van der Waals surface area contributed by atoms with E-state index in [0.29, 0.717) is 19.6 Å². The molecule has 156 valence electrons. The van der Waals surface area contributed by atoms with Gasteiger partial charge in [-0.3, -0.25) is 9.78 Å². The number of ether oxygens (including phenoxy) is 1. The van der Waals surface area contributed by atoms with E-state index in [2.05, 4.69) is 43.2 Å². The zero-order valence-corrected chi connectivity index (χ0v) is 17.9. The van der Waals surface area contributed by atoms with Gasteiger partial charge in [-0.05, 0) is 88.0 Å². The molecule has 5 nitrogen and oxygen atoms in total. The summed E-state index contributed by atoms with van der Waals surface area (Å²) in [5.74, 6) is 1.02. The van der Waals surface area contributed by atoms with Gasteiger partial charge in [-0.15, -0.1) is 0 Å². The van der Waals surface area contributed by atoms with E-state index in [4.69, 9.17) is 4.74 Å². The largest absolute Gasteiger partial charge is 0.493 e. The summed E-state index contributed by atoms with van der Waals surface area (Å²) in [4.78, 5) is 19.6. The Hall–Kier alpha value is -2.40. The van der Waals surface area contributed by atoms with Crippen molar-refractivity contribution in [2.45, 2.75) is 59.0 Å². The molecule has 1 fully saturated rings. The molecule has 1 atom stereocenters. The lowest BCUT2D eigenvalue weighted by molar-refractivity contribution is -0.135. The predicted octanol–water partition coefficient (Wildman–Crippen LogP) is 3.95. The first kappa shape index (κ1) is 21.3. The van der Waals surface area contributed by atoms with Crippen molar-refractivity contribution in [2.75, 3.05) is 19.7 Å². The molecule has 29 heavy (non-hydrogen) atoms. The van der Waals surface area contributed by atoms with E-state index < -0.39 is 0 Å². The van der Waals surface area contributed by atoms with Gasteiger partial charge in [0.1, 0.15) is 5.75 Å². The van der Waals surface area contributed by atoms with Crippen LogP contribution in [0.3, 0.4) is 0 Å². The third-order valence-electron chi connectivity index (χ3n) is 5.70. The third kappa shape index (κ3) is 6.04. The zero-order valence-electron chi connectivity index (χ0n) is 17.9. The second kappa shape index (κ2) is 10.4. The summed E-state index contributed by atoms with van der Waals surface area (Å²) in [6.07, 6.45) is 5.27. The van der Waals surface area contributed by atoms with Crippen LogP contribution in [0.1, 0.15) is 48.1 Å². The van der Waals surface area contributed by atoms with Crippen LogP contribution in [0, 0.1) is 20.8 Å². The summed E-state index contributed by atoms with van der Waals surface area (Å²) in [5, 5.41) is 3.44. The van der Waals surface area contributed by atoms with Crippen molar-refractivity contribution in [3.05, 3.63) is 58.9 Å². The highest BCUT2D eigenvalue weighted by molar-refractivity contribution is 5.76. The number of hydrogen-bond donors (Lipinski definition) is 1. The van der Waals surface area contributed by atoms with Crippen LogP contribution in [-0.4, -0.2) is 41.5 Å². The van der Waals surface area contributed by atoms with Gasteiger partial charge in [-0.1, -0.05) is 12.1 Å². The number of aromatic nitrogens is 1. The summed E-state index contributed by atoms with van der Waals surface area (Å²) >= 11 is 0. The zero-order chi connectivity index (χ0) is 20.6. The first-order valence-electron chi connectivity index (χ1n) is 10.7. The topological polar surface area (TPSA) is 54.5 Å². The molecule has 1 N–H and O–H groups in total. The summed E-state index contributed by atoms with van der Waals surface area (Å²) in [6, 6.07) is 10.3. The molecule has 5 heteroatoms. The number of carbonyl (C=O) groups excluding carboxylic acids is 1. The molecule has 1 aromatic heterocycles. The van der Waals surface area contributed by atoms with E-state index in [1.54, 1.807) is 6.20 Å². The van der Waals surface area contributed by atoms with Crippen LogP contribution in [-0.2, 0) is 11.3 Å². The molecular formula is C24H33N3O2. The number of benzene rings is 1. The molecule has 2 heterocycles. The molecule has 1 saturated heterocycles. The molecule has 1 amide bonds. The van der Waals surface area contributed by atoms with Gasteiger partial charge in [0.15, 0.2) is 0 Å². The number of amides is 1. The molecule has 0 radical (unpaired) electrons. The monoisotopic (exact) mass is 395 g/mol. The normalized spacial score (nSPS) is 16.9. The first-order chi connectivity index (χ1) is 14.0. The SMILES string of the molecule is Cc1cc(C)c(C)c(OCCC(=O)N(Cc2ccccn2)C2CCCNCC2)c1. The van der Waals surface area contributed by atoms with Crippen molar-refractivity contribution in [2.24, 2.45) is 0 Å². The van der Waals surface area contributed by atoms with Gasteiger partial charge < -0.3 is 15.0 Å². The average molecular weight is 396 g/mol. The van der Waals surface area contributed by atoms with Crippen molar-refractivity contribution < 1.29 is 9.53 Å². The quantitative estimate of drug-likeness (QED) is 0.771. The van der Waals surface area contributed by atoms with Crippen molar-refractivity contribution in [3.8, 4) is 5.75 Å². The summed E-state index contributed by atoms with van der Waals surface area (Å²) in [6.45, 7) is 9.16. The number of hydrogen-bond acceptors (Lipinski definition) is 4. The van der Waals surface area contributed by atoms with Crippen LogP contribution < -0.4 is 10.1 Å². The highest BCUT2D eigenvalue weighted by atomic mass is 16.5. The van der Waals surface area contributed by atoms with Crippen LogP contribution in [0.5, 0.6) is 5.75 Å². The predicted molar refractivity (Wildman–Crippen MR) is 116 cm³/mol. The molecule has 1 unspecified atom stereocenters. The molecule has 0 aliphatic carbocycles. The summed E-state index contributed by atoms with van der Waals surface area (Å²) in [7, 11) is 0. The highest BCUT2D eigenvalue weighted by Gasteiger charge is 2.25. The fraction of sp³-hybridized carbons (Fsp3) is 0.500. The maximum Gasteiger partial charge on any atom is 0.226 e. The Kier molecular flexibility index (Phi) is 7.64. The van der Waals surface area contributed by atoms with Crippen LogP contribution in [0.15, 0.2) is 36.5 Å². The van der Waals surface area contributed by atoms with E-state index in [9.17, 15) is 4.79 Å². The lowest BCUT2D eigenvalue weighted by Crippen LogP contribution is -2.41.